The summed E-state index contributed by atoms with van der Waals surface area (Å²) in [4.78, 5) is 25.7. The van der Waals surface area contributed by atoms with Crippen molar-refractivity contribution in [3.05, 3.63) is 53.1 Å². The van der Waals surface area contributed by atoms with Gasteiger partial charge in [-0.2, -0.15) is 0 Å². The Morgan fingerprint density at radius 2 is 1.92 bits per heavy atom. The third-order valence-electron chi connectivity index (χ3n) is 3.77. The smallest absolute Gasteiger partial charge is 0.226 e. The predicted octanol–water partition coefficient (Wildman–Crippen LogP) is 4.04. The van der Waals surface area contributed by atoms with E-state index in [0.29, 0.717) is 22.1 Å². The zero-order valence-electron chi connectivity index (χ0n) is 14.5. The summed E-state index contributed by atoms with van der Waals surface area (Å²) >= 11 is 6.06. The number of ether oxygens (including phenoxy) is 1. The molecule has 0 atom stereocenters. The molecule has 0 saturated carbocycles. The van der Waals surface area contributed by atoms with E-state index in [2.05, 4.69) is 5.32 Å². The largest absolute Gasteiger partial charge is 0.495 e. The number of anilines is 2. The maximum Gasteiger partial charge on any atom is 0.226 e. The summed E-state index contributed by atoms with van der Waals surface area (Å²) in [6.45, 7) is 3.61. The standard InChI is InChI=1S/C19H21ClN2O3/c1-13-8-9-15(12-16(13)20)21-19(24)10-11-22(14(2)23)17-6-4-5-7-18(17)25-3/h4-9,12H,10-11H2,1-3H3,(H,21,24). The first-order chi connectivity index (χ1) is 11.9. The van der Waals surface area contributed by atoms with E-state index in [1.54, 1.807) is 31.4 Å². The summed E-state index contributed by atoms with van der Waals surface area (Å²) in [6, 6.07) is 12.6. The molecule has 0 unspecified atom stereocenters. The number of hydrogen-bond acceptors (Lipinski definition) is 3. The van der Waals surface area contributed by atoms with Gasteiger partial charge in [-0.25, -0.2) is 0 Å². The molecule has 0 aliphatic heterocycles. The summed E-state index contributed by atoms with van der Waals surface area (Å²) in [7, 11) is 1.55. The lowest BCUT2D eigenvalue weighted by Gasteiger charge is -2.23. The summed E-state index contributed by atoms with van der Waals surface area (Å²) in [5.74, 6) is 0.236. The number of amides is 2. The molecule has 2 amide bonds. The molecule has 5 nitrogen and oxygen atoms in total. The van der Waals surface area contributed by atoms with Crippen LogP contribution in [0.3, 0.4) is 0 Å². The summed E-state index contributed by atoms with van der Waals surface area (Å²) in [5.41, 5.74) is 2.22. The van der Waals surface area contributed by atoms with Crippen molar-refractivity contribution < 1.29 is 14.3 Å². The monoisotopic (exact) mass is 360 g/mol. The van der Waals surface area contributed by atoms with Crippen LogP contribution in [0.1, 0.15) is 18.9 Å². The van der Waals surface area contributed by atoms with Crippen molar-refractivity contribution in [1.82, 2.24) is 0 Å². The number of nitrogens with one attached hydrogen (secondary N) is 1. The van der Waals surface area contributed by atoms with Crippen molar-refractivity contribution in [2.24, 2.45) is 0 Å². The number of para-hydroxylation sites is 2. The number of rotatable bonds is 6. The zero-order chi connectivity index (χ0) is 18.4. The van der Waals surface area contributed by atoms with Crippen molar-refractivity contribution in [1.29, 1.82) is 0 Å². The van der Waals surface area contributed by atoms with Gasteiger partial charge in [0.25, 0.3) is 0 Å². The molecule has 0 aliphatic carbocycles. The minimum absolute atomic E-state index is 0.156. The normalized spacial score (nSPS) is 10.2. The third-order valence-corrected chi connectivity index (χ3v) is 4.18. The third kappa shape index (κ3) is 4.97. The Morgan fingerprint density at radius 1 is 1.20 bits per heavy atom. The molecule has 132 valence electrons. The van der Waals surface area contributed by atoms with Gasteiger partial charge in [0.1, 0.15) is 5.75 Å². The average molecular weight is 361 g/mol. The maximum atomic E-state index is 12.2. The van der Waals surface area contributed by atoms with Gasteiger partial charge in [0.2, 0.25) is 11.8 Å². The van der Waals surface area contributed by atoms with Crippen LogP contribution in [0.2, 0.25) is 5.02 Å². The fourth-order valence-corrected chi connectivity index (χ4v) is 2.59. The molecule has 1 N–H and O–H groups in total. The second-order valence-corrected chi connectivity index (χ2v) is 6.01. The molecule has 0 fully saturated rings. The first-order valence-electron chi connectivity index (χ1n) is 7.89. The Balaban J connectivity index is 2.04. The van der Waals surface area contributed by atoms with E-state index < -0.39 is 0 Å². The Hall–Kier alpha value is -2.53. The van der Waals surface area contributed by atoms with E-state index in [9.17, 15) is 9.59 Å². The topological polar surface area (TPSA) is 58.6 Å². The van der Waals surface area contributed by atoms with Crippen molar-refractivity contribution >= 4 is 34.8 Å². The minimum atomic E-state index is -0.193. The summed E-state index contributed by atoms with van der Waals surface area (Å²) in [5, 5.41) is 3.39. The predicted molar refractivity (Wildman–Crippen MR) is 100 cm³/mol. The lowest BCUT2D eigenvalue weighted by atomic mass is 10.2. The van der Waals surface area contributed by atoms with Crippen molar-refractivity contribution in [3.63, 3.8) is 0 Å². The van der Waals surface area contributed by atoms with Gasteiger partial charge in [0.15, 0.2) is 0 Å². The molecule has 6 heteroatoms. The lowest BCUT2D eigenvalue weighted by molar-refractivity contribution is -0.117. The molecule has 0 saturated heterocycles. The Bertz CT molecular complexity index is 777. The van der Waals surface area contributed by atoms with E-state index in [0.717, 1.165) is 5.56 Å². The number of nitrogens with zero attached hydrogens (tertiary/aromatic N) is 1. The van der Waals surface area contributed by atoms with Gasteiger partial charge in [-0.1, -0.05) is 29.8 Å². The second kappa shape index (κ2) is 8.53. The Labute approximate surface area is 152 Å². The van der Waals surface area contributed by atoms with Crippen LogP contribution < -0.4 is 15.0 Å². The van der Waals surface area contributed by atoms with Crippen LogP contribution in [-0.4, -0.2) is 25.5 Å². The molecule has 0 aliphatic rings. The molecule has 2 aromatic carbocycles. The number of carbonyl (C=O) groups excluding carboxylic acids is 2. The number of carbonyl (C=O) groups is 2. The van der Waals surface area contributed by atoms with Crippen LogP contribution in [0.15, 0.2) is 42.5 Å². The second-order valence-electron chi connectivity index (χ2n) is 5.60. The van der Waals surface area contributed by atoms with E-state index in [4.69, 9.17) is 16.3 Å². The first-order valence-corrected chi connectivity index (χ1v) is 8.27. The quantitative estimate of drug-likeness (QED) is 0.845. The molecule has 25 heavy (non-hydrogen) atoms. The molecule has 0 radical (unpaired) electrons. The maximum absolute atomic E-state index is 12.2. The summed E-state index contributed by atoms with van der Waals surface area (Å²) < 4.78 is 5.29. The van der Waals surface area contributed by atoms with E-state index in [-0.39, 0.29) is 24.8 Å². The summed E-state index contributed by atoms with van der Waals surface area (Å²) in [6.07, 6.45) is 0.156. The SMILES string of the molecule is COc1ccccc1N(CCC(=O)Nc1ccc(C)c(Cl)c1)C(C)=O. The zero-order valence-corrected chi connectivity index (χ0v) is 15.3. The van der Waals surface area contributed by atoms with Crippen LogP contribution >= 0.6 is 11.6 Å². The first kappa shape index (κ1) is 18.8. The highest BCUT2D eigenvalue weighted by Gasteiger charge is 2.17. The Morgan fingerprint density at radius 3 is 2.56 bits per heavy atom. The van der Waals surface area contributed by atoms with Gasteiger partial charge in [-0.3, -0.25) is 9.59 Å². The van der Waals surface area contributed by atoms with E-state index >= 15 is 0 Å². The average Bonchev–Trinajstić information content (AvgIpc) is 2.58. The highest BCUT2D eigenvalue weighted by atomic mass is 35.5. The molecular formula is C19H21ClN2O3. The fraction of sp³-hybridized carbons (Fsp3) is 0.263. The van der Waals surface area contributed by atoms with E-state index in [1.165, 1.54) is 11.8 Å². The van der Waals surface area contributed by atoms with Gasteiger partial charge in [-0.05, 0) is 36.8 Å². The highest BCUT2D eigenvalue weighted by Crippen LogP contribution is 2.28. The van der Waals surface area contributed by atoms with Crippen molar-refractivity contribution in [2.45, 2.75) is 20.3 Å². The molecule has 0 bridgehead atoms. The van der Waals surface area contributed by atoms with Gasteiger partial charge in [-0.15, -0.1) is 0 Å². The van der Waals surface area contributed by atoms with Crippen LogP contribution in [0.25, 0.3) is 0 Å². The molecule has 2 rings (SSSR count). The van der Waals surface area contributed by atoms with Crippen LogP contribution in [0, 0.1) is 6.92 Å². The van der Waals surface area contributed by atoms with Crippen LogP contribution in [-0.2, 0) is 9.59 Å². The number of aryl methyl sites for hydroxylation is 1. The van der Waals surface area contributed by atoms with Crippen molar-refractivity contribution in [3.8, 4) is 5.75 Å². The van der Waals surface area contributed by atoms with Gasteiger partial charge in [0, 0.05) is 30.6 Å². The van der Waals surface area contributed by atoms with Crippen LogP contribution in [0.4, 0.5) is 11.4 Å². The fourth-order valence-electron chi connectivity index (χ4n) is 2.41. The van der Waals surface area contributed by atoms with E-state index in [1.807, 2.05) is 25.1 Å². The van der Waals surface area contributed by atoms with Gasteiger partial charge < -0.3 is 15.0 Å². The van der Waals surface area contributed by atoms with Gasteiger partial charge >= 0.3 is 0 Å². The Kier molecular flexibility index (Phi) is 6.42. The van der Waals surface area contributed by atoms with Crippen LogP contribution in [0.5, 0.6) is 5.75 Å². The number of benzene rings is 2. The van der Waals surface area contributed by atoms with Crippen molar-refractivity contribution in [2.75, 3.05) is 23.9 Å². The number of hydrogen-bond donors (Lipinski definition) is 1. The number of halogens is 1. The number of methoxy groups -OCH3 is 1. The lowest BCUT2D eigenvalue weighted by Crippen LogP contribution is -2.32. The molecular weight excluding hydrogens is 340 g/mol. The highest BCUT2D eigenvalue weighted by molar-refractivity contribution is 6.31. The molecule has 0 spiro atoms. The molecule has 0 heterocycles. The molecule has 0 aromatic heterocycles. The van der Waals surface area contributed by atoms with Gasteiger partial charge in [0.05, 0.1) is 12.8 Å². The minimum Gasteiger partial charge on any atom is -0.495 e. The molecule has 2 aromatic rings.